The number of nitrogens with zero attached hydrogens (tertiary/aromatic N) is 2. The summed E-state index contributed by atoms with van der Waals surface area (Å²) >= 11 is 5.95. The normalized spacial score (nSPS) is 22.9. The van der Waals surface area contributed by atoms with Crippen molar-refractivity contribution in [3.63, 3.8) is 0 Å². The molecule has 2 aliphatic rings. The summed E-state index contributed by atoms with van der Waals surface area (Å²) < 4.78 is 0. The van der Waals surface area contributed by atoms with Crippen molar-refractivity contribution in [1.29, 1.82) is 0 Å². The van der Waals surface area contributed by atoms with Crippen molar-refractivity contribution in [2.45, 2.75) is 18.9 Å². The van der Waals surface area contributed by atoms with Gasteiger partial charge in [0.1, 0.15) is 6.04 Å². The number of carbonyl (C=O) groups excluding carboxylic acids is 2. The lowest BCUT2D eigenvalue weighted by molar-refractivity contribution is -0.121. The molecule has 0 N–H and O–H groups in total. The fourth-order valence-corrected chi connectivity index (χ4v) is 2.89. The Morgan fingerprint density at radius 1 is 1.33 bits per heavy atom. The largest absolute Gasteiger partial charge is 0.327 e. The number of likely N-dealkylation sites (N-methyl/N-ethyl adjacent to an activating group) is 1. The highest BCUT2D eigenvalue weighted by Crippen LogP contribution is 2.33. The third-order valence-corrected chi connectivity index (χ3v) is 3.92. The molecule has 94 valence electrons. The molecule has 2 heterocycles. The van der Waals surface area contributed by atoms with E-state index in [9.17, 15) is 9.59 Å². The van der Waals surface area contributed by atoms with E-state index < -0.39 is 0 Å². The number of anilines is 1. The van der Waals surface area contributed by atoms with Crippen LogP contribution in [0.4, 0.5) is 5.69 Å². The van der Waals surface area contributed by atoms with E-state index in [-0.39, 0.29) is 17.9 Å². The van der Waals surface area contributed by atoms with E-state index in [1.807, 2.05) is 0 Å². The Morgan fingerprint density at radius 2 is 2.11 bits per heavy atom. The first-order valence-corrected chi connectivity index (χ1v) is 6.35. The molecule has 1 aromatic rings. The van der Waals surface area contributed by atoms with Gasteiger partial charge in [-0.05, 0) is 31.0 Å². The summed E-state index contributed by atoms with van der Waals surface area (Å²) in [4.78, 5) is 28.0. The number of amides is 2. The Balaban J connectivity index is 2.18. The lowest BCUT2D eigenvalue weighted by Gasteiger charge is -2.22. The molecule has 0 bridgehead atoms. The maximum absolute atomic E-state index is 12.4. The average Bonchev–Trinajstić information content (AvgIpc) is 2.82. The van der Waals surface area contributed by atoms with Crippen LogP contribution < -0.4 is 4.90 Å². The third kappa shape index (κ3) is 1.52. The molecular formula is C13H13ClN2O2. The molecule has 3 rings (SSSR count). The van der Waals surface area contributed by atoms with Gasteiger partial charge in [0.25, 0.3) is 5.91 Å². The zero-order valence-corrected chi connectivity index (χ0v) is 10.8. The van der Waals surface area contributed by atoms with Crippen molar-refractivity contribution in [3.05, 3.63) is 28.8 Å². The number of hydrogen-bond donors (Lipinski definition) is 0. The molecule has 4 nitrogen and oxygen atoms in total. The molecule has 2 amide bonds. The number of benzene rings is 1. The van der Waals surface area contributed by atoms with Gasteiger partial charge in [-0.3, -0.25) is 9.59 Å². The summed E-state index contributed by atoms with van der Waals surface area (Å²) in [5, 5.41) is 0.531. The molecule has 1 saturated heterocycles. The van der Waals surface area contributed by atoms with Gasteiger partial charge >= 0.3 is 0 Å². The van der Waals surface area contributed by atoms with Crippen LogP contribution in [0.25, 0.3) is 0 Å². The molecule has 0 spiro atoms. The topological polar surface area (TPSA) is 40.6 Å². The summed E-state index contributed by atoms with van der Waals surface area (Å²) in [6, 6.07) is 4.75. The van der Waals surface area contributed by atoms with Crippen molar-refractivity contribution >= 4 is 29.1 Å². The Morgan fingerprint density at radius 3 is 2.89 bits per heavy atom. The van der Waals surface area contributed by atoms with Crippen LogP contribution in [0.5, 0.6) is 0 Å². The maximum atomic E-state index is 12.4. The third-order valence-electron chi connectivity index (χ3n) is 3.68. The number of hydrogen-bond acceptors (Lipinski definition) is 2. The maximum Gasteiger partial charge on any atom is 0.256 e. The van der Waals surface area contributed by atoms with Crippen LogP contribution in [0, 0.1) is 0 Å². The fraction of sp³-hybridized carbons (Fsp3) is 0.385. The van der Waals surface area contributed by atoms with Crippen LogP contribution in [0.2, 0.25) is 5.02 Å². The fourth-order valence-electron chi connectivity index (χ4n) is 2.73. The van der Waals surface area contributed by atoms with Crippen LogP contribution in [0.1, 0.15) is 23.2 Å². The highest BCUT2D eigenvalue weighted by Gasteiger charge is 2.40. The van der Waals surface area contributed by atoms with Crippen molar-refractivity contribution in [1.82, 2.24) is 4.90 Å². The van der Waals surface area contributed by atoms with Crippen molar-refractivity contribution in [2.75, 3.05) is 18.5 Å². The first-order chi connectivity index (χ1) is 8.59. The van der Waals surface area contributed by atoms with Crippen molar-refractivity contribution < 1.29 is 9.59 Å². The average molecular weight is 265 g/mol. The number of rotatable bonds is 0. The zero-order valence-electron chi connectivity index (χ0n) is 10.0. The monoisotopic (exact) mass is 264 g/mol. The van der Waals surface area contributed by atoms with Gasteiger partial charge in [0.15, 0.2) is 0 Å². The van der Waals surface area contributed by atoms with Crippen molar-refractivity contribution in [3.8, 4) is 0 Å². The van der Waals surface area contributed by atoms with Gasteiger partial charge in [-0.15, -0.1) is 0 Å². The second-order valence-corrected chi connectivity index (χ2v) is 5.15. The molecule has 5 heteroatoms. The lowest BCUT2D eigenvalue weighted by Crippen LogP contribution is -2.43. The number of fused-ring (bicyclic) bond motifs is 2. The number of carbonyl (C=O) groups is 2. The SMILES string of the molecule is CN1C(=O)C2CCCN2C(=O)c2ccc(Cl)cc21. The van der Waals surface area contributed by atoms with Gasteiger partial charge in [-0.25, -0.2) is 0 Å². The van der Waals surface area contributed by atoms with Crippen LogP contribution in [-0.2, 0) is 4.79 Å². The van der Waals surface area contributed by atoms with Gasteiger partial charge in [-0.1, -0.05) is 11.6 Å². The smallest absolute Gasteiger partial charge is 0.256 e. The first kappa shape index (κ1) is 11.5. The van der Waals surface area contributed by atoms with E-state index >= 15 is 0 Å². The quantitative estimate of drug-likeness (QED) is 0.718. The van der Waals surface area contributed by atoms with E-state index in [1.165, 1.54) is 0 Å². The second kappa shape index (κ2) is 3.99. The van der Waals surface area contributed by atoms with E-state index in [0.717, 1.165) is 12.8 Å². The van der Waals surface area contributed by atoms with Crippen LogP contribution in [0.15, 0.2) is 18.2 Å². The van der Waals surface area contributed by atoms with Crippen LogP contribution in [-0.4, -0.2) is 36.3 Å². The van der Waals surface area contributed by atoms with E-state index in [1.54, 1.807) is 35.0 Å². The Hall–Kier alpha value is -1.55. The molecule has 0 aromatic heterocycles. The summed E-state index contributed by atoms with van der Waals surface area (Å²) in [5.74, 6) is -0.0938. The lowest BCUT2D eigenvalue weighted by atomic mass is 10.1. The summed E-state index contributed by atoms with van der Waals surface area (Å²) in [7, 11) is 1.70. The summed E-state index contributed by atoms with van der Waals surface area (Å²) in [6.45, 7) is 0.658. The minimum atomic E-state index is -0.311. The van der Waals surface area contributed by atoms with Gasteiger partial charge in [0, 0.05) is 18.6 Å². The first-order valence-electron chi connectivity index (χ1n) is 5.97. The molecule has 0 aliphatic carbocycles. The van der Waals surface area contributed by atoms with Crippen LogP contribution in [0.3, 0.4) is 0 Å². The van der Waals surface area contributed by atoms with Gasteiger partial charge in [-0.2, -0.15) is 0 Å². The molecule has 2 aliphatic heterocycles. The minimum absolute atomic E-state index is 0.0260. The Kier molecular flexibility index (Phi) is 2.55. The minimum Gasteiger partial charge on any atom is -0.327 e. The predicted octanol–water partition coefficient (Wildman–Crippen LogP) is 1.92. The molecule has 1 aromatic carbocycles. The standard InChI is InChI=1S/C13H13ClN2O2/c1-15-11-7-8(14)4-5-9(11)12(17)16-6-2-3-10(16)13(15)18/h4-5,7,10H,2-3,6H2,1H3. The molecule has 1 atom stereocenters. The predicted molar refractivity (Wildman–Crippen MR) is 68.9 cm³/mol. The Labute approximate surface area is 110 Å². The van der Waals surface area contributed by atoms with Gasteiger partial charge in [0.2, 0.25) is 5.91 Å². The van der Waals surface area contributed by atoms with Gasteiger partial charge in [0.05, 0.1) is 11.3 Å². The summed E-state index contributed by atoms with van der Waals surface area (Å²) in [6.07, 6.45) is 1.63. The Bertz CT molecular complexity index is 544. The second-order valence-electron chi connectivity index (χ2n) is 4.72. The van der Waals surface area contributed by atoms with Crippen molar-refractivity contribution in [2.24, 2.45) is 0 Å². The van der Waals surface area contributed by atoms with Crippen LogP contribution >= 0.6 is 11.6 Å². The van der Waals surface area contributed by atoms with E-state index in [0.29, 0.717) is 22.8 Å². The summed E-state index contributed by atoms with van der Waals surface area (Å²) in [5.41, 5.74) is 1.16. The van der Waals surface area contributed by atoms with E-state index in [4.69, 9.17) is 11.6 Å². The highest BCUT2D eigenvalue weighted by atomic mass is 35.5. The van der Waals surface area contributed by atoms with Gasteiger partial charge < -0.3 is 9.80 Å². The molecule has 0 radical (unpaired) electrons. The zero-order chi connectivity index (χ0) is 12.9. The molecule has 1 unspecified atom stereocenters. The molecule has 18 heavy (non-hydrogen) atoms. The molecular weight excluding hydrogens is 252 g/mol. The molecule has 1 fully saturated rings. The highest BCUT2D eigenvalue weighted by molar-refractivity contribution is 6.31. The van der Waals surface area contributed by atoms with E-state index in [2.05, 4.69) is 0 Å². The molecule has 0 saturated carbocycles. The number of halogens is 1.